The van der Waals surface area contributed by atoms with Crippen molar-refractivity contribution in [1.29, 1.82) is 0 Å². The summed E-state index contributed by atoms with van der Waals surface area (Å²) in [5, 5.41) is 6.55. The number of aromatic amines is 1. The van der Waals surface area contributed by atoms with E-state index >= 15 is 0 Å². The summed E-state index contributed by atoms with van der Waals surface area (Å²) >= 11 is 6.29. The number of anilines is 4. The Morgan fingerprint density at radius 2 is 2.10 bits per heavy atom. The summed E-state index contributed by atoms with van der Waals surface area (Å²) in [6, 6.07) is 9.39. The minimum absolute atomic E-state index is 0.201. The molecule has 9 heteroatoms. The third-order valence-electron chi connectivity index (χ3n) is 4.83. The van der Waals surface area contributed by atoms with Crippen LogP contribution in [0.15, 0.2) is 41.3 Å². The van der Waals surface area contributed by atoms with Gasteiger partial charge >= 0.3 is 0 Å². The molecule has 0 radical (unpaired) electrons. The SMILES string of the molecule is CCOc1ccccc1Nc1nc(Nc2cc3c([nH]c2=O)CCN(C)C3)ncc1Cl. The standard InChI is InChI=1S/C21H23ClN6O2/c1-3-30-18-7-5-4-6-16(18)24-19-14(22)11-23-21(27-19)26-17-10-13-12-28(2)9-8-15(13)25-20(17)29/h4-7,10-11H,3,8-9,12H2,1-2H3,(H,25,29)(H2,23,24,26,27). The molecule has 0 spiro atoms. The number of H-pyrrole nitrogens is 1. The van der Waals surface area contributed by atoms with Gasteiger partial charge < -0.3 is 25.3 Å². The van der Waals surface area contributed by atoms with Crippen LogP contribution in [-0.2, 0) is 13.0 Å². The maximum Gasteiger partial charge on any atom is 0.271 e. The van der Waals surface area contributed by atoms with Crippen molar-refractivity contribution in [2.45, 2.75) is 19.9 Å². The molecule has 0 atom stereocenters. The molecule has 2 aromatic heterocycles. The molecule has 3 heterocycles. The van der Waals surface area contributed by atoms with E-state index in [1.165, 1.54) is 6.20 Å². The van der Waals surface area contributed by atoms with Crippen molar-refractivity contribution in [2.24, 2.45) is 0 Å². The molecular formula is C21H23ClN6O2. The van der Waals surface area contributed by atoms with Gasteiger partial charge in [0.15, 0.2) is 5.82 Å². The third kappa shape index (κ3) is 4.39. The fourth-order valence-electron chi connectivity index (χ4n) is 3.36. The van der Waals surface area contributed by atoms with E-state index in [0.717, 1.165) is 36.5 Å². The number of nitrogens with zero attached hydrogens (tertiary/aromatic N) is 3. The molecule has 0 saturated carbocycles. The first-order chi connectivity index (χ1) is 14.5. The molecule has 0 unspecified atom stereocenters. The van der Waals surface area contributed by atoms with E-state index in [9.17, 15) is 4.79 Å². The van der Waals surface area contributed by atoms with Crippen LogP contribution in [0.4, 0.5) is 23.1 Å². The number of aromatic nitrogens is 3. The van der Waals surface area contributed by atoms with Crippen molar-refractivity contribution in [3.05, 3.63) is 63.2 Å². The lowest BCUT2D eigenvalue weighted by atomic mass is 10.1. The number of pyridine rings is 1. The molecule has 1 aliphatic heterocycles. The highest BCUT2D eigenvalue weighted by atomic mass is 35.5. The fraction of sp³-hybridized carbons (Fsp3) is 0.286. The van der Waals surface area contributed by atoms with Gasteiger partial charge in [-0.1, -0.05) is 23.7 Å². The Hall–Kier alpha value is -3.10. The zero-order valence-electron chi connectivity index (χ0n) is 16.8. The molecule has 0 bridgehead atoms. The quantitative estimate of drug-likeness (QED) is 0.553. The Balaban J connectivity index is 1.60. The Kier molecular flexibility index (Phi) is 5.87. The average molecular weight is 427 g/mol. The summed E-state index contributed by atoms with van der Waals surface area (Å²) in [6.45, 7) is 4.17. The normalized spacial score (nSPS) is 13.6. The molecule has 1 aromatic carbocycles. The van der Waals surface area contributed by atoms with Crippen LogP contribution in [0.5, 0.6) is 5.75 Å². The van der Waals surface area contributed by atoms with Gasteiger partial charge in [-0.25, -0.2) is 4.98 Å². The minimum atomic E-state index is -0.201. The lowest BCUT2D eigenvalue weighted by molar-refractivity contribution is 0.310. The zero-order valence-corrected chi connectivity index (χ0v) is 17.6. The zero-order chi connectivity index (χ0) is 21.1. The molecule has 1 aliphatic rings. The van der Waals surface area contributed by atoms with Crippen molar-refractivity contribution in [1.82, 2.24) is 19.9 Å². The number of ether oxygens (including phenoxy) is 1. The van der Waals surface area contributed by atoms with Crippen LogP contribution in [0.3, 0.4) is 0 Å². The van der Waals surface area contributed by atoms with Gasteiger partial charge in [-0.2, -0.15) is 4.98 Å². The molecule has 0 amide bonds. The first-order valence-electron chi connectivity index (χ1n) is 9.75. The second-order valence-corrected chi connectivity index (χ2v) is 7.48. The second kappa shape index (κ2) is 8.73. The van der Waals surface area contributed by atoms with Crippen molar-refractivity contribution >= 4 is 34.7 Å². The molecule has 4 rings (SSSR count). The molecule has 0 saturated heterocycles. The fourth-order valence-corrected chi connectivity index (χ4v) is 3.49. The van der Waals surface area contributed by atoms with Crippen LogP contribution < -0.4 is 20.9 Å². The Morgan fingerprint density at radius 3 is 2.93 bits per heavy atom. The Morgan fingerprint density at radius 1 is 1.27 bits per heavy atom. The monoisotopic (exact) mass is 426 g/mol. The number of hydrogen-bond acceptors (Lipinski definition) is 7. The van der Waals surface area contributed by atoms with Gasteiger partial charge in [0.2, 0.25) is 5.95 Å². The molecule has 8 nitrogen and oxygen atoms in total. The van der Waals surface area contributed by atoms with Gasteiger partial charge in [-0.15, -0.1) is 0 Å². The lowest BCUT2D eigenvalue weighted by Gasteiger charge is -2.24. The van der Waals surface area contributed by atoms with Crippen molar-refractivity contribution in [3.8, 4) is 5.75 Å². The molecule has 30 heavy (non-hydrogen) atoms. The van der Waals surface area contributed by atoms with E-state index in [4.69, 9.17) is 16.3 Å². The van der Waals surface area contributed by atoms with Crippen LogP contribution >= 0.6 is 11.6 Å². The first-order valence-corrected chi connectivity index (χ1v) is 10.1. The summed E-state index contributed by atoms with van der Waals surface area (Å²) in [5.74, 6) is 1.38. The number of fused-ring (bicyclic) bond motifs is 1. The molecular weight excluding hydrogens is 404 g/mol. The largest absolute Gasteiger partial charge is 0.492 e. The number of rotatable bonds is 6. The van der Waals surface area contributed by atoms with Gasteiger partial charge in [-0.3, -0.25) is 4.79 Å². The summed E-state index contributed by atoms with van der Waals surface area (Å²) in [7, 11) is 2.06. The van der Waals surface area contributed by atoms with E-state index in [1.54, 1.807) is 0 Å². The summed E-state index contributed by atoms with van der Waals surface area (Å²) in [6.07, 6.45) is 2.31. The highest BCUT2D eigenvalue weighted by Crippen LogP contribution is 2.30. The first kappa shape index (κ1) is 20.2. The van der Waals surface area contributed by atoms with Crippen molar-refractivity contribution in [2.75, 3.05) is 30.8 Å². The molecule has 0 fully saturated rings. The van der Waals surface area contributed by atoms with Gasteiger partial charge in [0, 0.05) is 25.2 Å². The smallest absolute Gasteiger partial charge is 0.271 e. The van der Waals surface area contributed by atoms with Crippen LogP contribution in [0.1, 0.15) is 18.2 Å². The van der Waals surface area contributed by atoms with E-state index < -0.39 is 0 Å². The number of para-hydroxylation sites is 2. The molecule has 0 aliphatic carbocycles. The van der Waals surface area contributed by atoms with Crippen LogP contribution in [0.25, 0.3) is 0 Å². The summed E-state index contributed by atoms with van der Waals surface area (Å²) in [4.78, 5) is 26.3. The van der Waals surface area contributed by atoms with E-state index in [0.29, 0.717) is 28.9 Å². The van der Waals surface area contributed by atoms with E-state index in [-0.39, 0.29) is 11.5 Å². The van der Waals surface area contributed by atoms with Crippen LogP contribution in [-0.4, -0.2) is 40.1 Å². The Bertz CT molecular complexity index is 1120. The predicted molar refractivity (Wildman–Crippen MR) is 118 cm³/mol. The maximum absolute atomic E-state index is 12.5. The van der Waals surface area contributed by atoms with Crippen molar-refractivity contribution in [3.63, 3.8) is 0 Å². The van der Waals surface area contributed by atoms with Crippen LogP contribution in [0, 0.1) is 0 Å². The number of halogens is 1. The molecule has 3 N–H and O–H groups in total. The summed E-state index contributed by atoms with van der Waals surface area (Å²) in [5.41, 5.74) is 3.00. The van der Waals surface area contributed by atoms with Gasteiger partial charge in [-0.05, 0) is 37.7 Å². The van der Waals surface area contributed by atoms with Gasteiger partial charge in [0.25, 0.3) is 5.56 Å². The van der Waals surface area contributed by atoms with E-state index in [1.807, 2.05) is 37.3 Å². The lowest BCUT2D eigenvalue weighted by Crippen LogP contribution is -2.29. The number of nitrogens with one attached hydrogen (secondary N) is 3. The predicted octanol–water partition coefficient (Wildman–Crippen LogP) is 3.69. The van der Waals surface area contributed by atoms with Gasteiger partial charge in [0.1, 0.15) is 16.5 Å². The highest BCUT2D eigenvalue weighted by Gasteiger charge is 2.17. The van der Waals surface area contributed by atoms with Gasteiger partial charge in [0.05, 0.1) is 18.5 Å². The Labute approximate surface area is 179 Å². The maximum atomic E-state index is 12.5. The number of benzene rings is 1. The second-order valence-electron chi connectivity index (χ2n) is 7.07. The molecule has 3 aromatic rings. The van der Waals surface area contributed by atoms with E-state index in [2.05, 4.69) is 37.5 Å². The topological polar surface area (TPSA) is 95.2 Å². The van der Waals surface area contributed by atoms with Crippen molar-refractivity contribution < 1.29 is 4.74 Å². The molecule has 156 valence electrons. The van der Waals surface area contributed by atoms with Crippen LogP contribution in [0.2, 0.25) is 5.02 Å². The minimum Gasteiger partial charge on any atom is -0.492 e. The third-order valence-corrected chi connectivity index (χ3v) is 5.11. The number of likely N-dealkylation sites (N-methyl/N-ethyl adjacent to an activating group) is 1. The average Bonchev–Trinajstić information content (AvgIpc) is 2.73. The number of hydrogen-bond donors (Lipinski definition) is 3. The highest BCUT2D eigenvalue weighted by molar-refractivity contribution is 6.32. The summed E-state index contributed by atoms with van der Waals surface area (Å²) < 4.78 is 5.64.